The van der Waals surface area contributed by atoms with Gasteiger partial charge in [0.2, 0.25) is 17.7 Å². The van der Waals surface area contributed by atoms with Crippen molar-refractivity contribution in [1.29, 1.82) is 0 Å². The second-order valence-electron chi connectivity index (χ2n) is 9.14. The molecule has 1 fully saturated rings. The van der Waals surface area contributed by atoms with E-state index in [1.165, 1.54) is 17.7 Å². The lowest BCUT2D eigenvalue weighted by Gasteiger charge is -2.38. The van der Waals surface area contributed by atoms with Gasteiger partial charge in [-0.05, 0) is 37.1 Å². The molecule has 2 atom stereocenters. The van der Waals surface area contributed by atoms with Crippen LogP contribution in [0, 0.1) is 0 Å². The van der Waals surface area contributed by atoms with Crippen LogP contribution in [0.3, 0.4) is 0 Å². The molecule has 1 saturated heterocycles. The first-order valence-corrected chi connectivity index (χ1v) is 11.8. The minimum absolute atomic E-state index is 0.0145. The lowest BCUT2D eigenvalue weighted by molar-refractivity contribution is -0.164. The molecule has 3 aromatic heterocycles. The van der Waals surface area contributed by atoms with Crippen LogP contribution in [-0.4, -0.2) is 90.5 Å². The van der Waals surface area contributed by atoms with E-state index in [1.807, 2.05) is 0 Å². The molecule has 11 nitrogen and oxygen atoms in total. The van der Waals surface area contributed by atoms with Crippen molar-refractivity contribution >= 4 is 28.4 Å². The van der Waals surface area contributed by atoms with Crippen molar-refractivity contribution in [3.8, 4) is 17.0 Å². The molecule has 1 aromatic carbocycles. The molecule has 1 amide bonds. The number of amides is 1. The second-order valence-corrected chi connectivity index (χ2v) is 9.14. The van der Waals surface area contributed by atoms with Crippen molar-refractivity contribution < 1.29 is 36.6 Å². The number of benzene rings is 1. The molecule has 0 unspecified atom stereocenters. The van der Waals surface area contributed by atoms with Crippen LogP contribution in [0.25, 0.3) is 27.7 Å². The van der Waals surface area contributed by atoms with Gasteiger partial charge in [-0.3, -0.25) is 4.79 Å². The number of carbonyl (C=O) groups excluding carboxylic acids is 1. The highest BCUT2D eigenvalue weighted by molar-refractivity contribution is 5.89. The van der Waals surface area contributed by atoms with Gasteiger partial charge in [0.15, 0.2) is 0 Å². The SMILES string of the molecule is COc1nc(N[C@@H]2CCN(C(=O)CO)CC2(F)F)nn2ccc(-c3ccc4nnn([C@H](C)C(F)(F)F)c4c3)c12. The van der Waals surface area contributed by atoms with Crippen LogP contribution in [0.15, 0.2) is 30.5 Å². The van der Waals surface area contributed by atoms with Crippen LogP contribution in [0.4, 0.5) is 27.9 Å². The number of ether oxygens (including phenoxy) is 1. The van der Waals surface area contributed by atoms with E-state index >= 15 is 0 Å². The number of halogens is 5. The number of nitrogens with one attached hydrogen (secondary N) is 1. The zero-order valence-electron chi connectivity index (χ0n) is 20.7. The first-order chi connectivity index (χ1) is 18.4. The molecule has 4 heterocycles. The van der Waals surface area contributed by atoms with Crippen LogP contribution in [0.1, 0.15) is 19.4 Å². The number of hydrogen-bond donors (Lipinski definition) is 2. The summed E-state index contributed by atoms with van der Waals surface area (Å²) < 4.78 is 77.1. The molecule has 2 N–H and O–H groups in total. The number of aromatic nitrogens is 6. The molecule has 1 aliphatic heterocycles. The van der Waals surface area contributed by atoms with E-state index in [0.717, 1.165) is 16.5 Å². The third kappa shape index (κ3) is 4.79. The minimum Gasteiger partial charge on any atom is -0.479 e. The number of aliphatic hydroxyl groups is 1. The Morgan fingerprint density at radius 3 is 2.74 bits per heavy atom. The summed E-state index contributed by atoms with van der Waals surface area (Å²) in [7, 11) is 1.34. The lowest BCUT2D eigenvalue weighted by atomic mass is 10.0. The number of fused-ring (bicyclic) bond motifs is 2. The van der Waals surface area contributed by atoms with E-state index in [2.05, 4.69) is 25.7 Å². The number of piperidine rings is 1. The maximum Gasteiger partial charge on any atom is 0.410 e. The lowest BCUT2D eigenvalue weighted by Crippen LogP contribution is -2.56. The van der Waals surface area contributed by atoms with Gasteiger partial charge in [0, 0.05) is 18.3 Å². The van der Waals surface area contributed by atoms with E-state index < -0.39 is 43.2 Å². The third-order valence-corrected chi connectivity index (χ3v) is 6.69. The Hall–Kier alpha value is -4.08. The Morgan fingerprint density at radius 1 is 1.31 bits per heavy atom. The normalized spacial score (nSPS) is 18.5. The van der Waals surface area contributed by atoms with Crippen LogP contribution in [-0.2, 0) is 4.79 Å². The zero-order chi connectivity index (χ0) is 28.1. The number of aliphatic hydroxyl groups excluding tert-OH is 1. The van der Waals surface area contributed by atoms with Gasteiger partial charge in [0.05, 0.1) is 25.2 Å². The van der Waals surface area contributed by atoms with Gasteiger partial charge in [-0.15, -0.1) is 10.2 Å². The fourth-order valence-corrected chi connectivity index (χ4v) is 4.54. The zero-order valence-corrected chi connectivity index (χ0v) is 20.7. The summed E-state index contributed by atoms with van der Waals surface area (Å²) in [5.74, 6) is -4.21. The number of carbonyl (C=O) groups is 1. The summed E-state index contributed by atoms with van der Waals surface area (Å²) in [5.41, 5.74) is 1.84. The Balaban J connectivity index is 1.48. The fourth-order valence-electron chi connectivity index (χ4n) is 4.54. The highest BCUT2D eigenvalue weighted by Crippen LogP contribution is 2.36. The average molecular weight is 554 g/mol. The number of nitrogens with zero attached hydrogens (tertiary/aromatic N) is 7. The Morgan fingerprint density at radius 2 is 2.08 bits per heavy atom. The first-order valence-electron chi connectivity index (χ1n) is 11.8. The predicted octanol–water partition coefficient (Wildman–Crippen LogP) is 2.91. The fraction of sp³-hybridized carbons (Fsp3) is 0.435. The van der Waals surface area contributed by atoms with Crippen molar-refractivity contribution in [3.63, 3.8) is 0 Å². The largest absolute Gasteiger partial charge is 0.479 e. The highest BCUT2D eigenvalue weighted by Gasteiger charge is 2.46. The van der Waals surface area contributed by atoms with Crippen molar-refractivity contribution in [2.45, 2.75) is 37.5 Å². The number of anilines is 1. The number of hydrogen-bond acceptors (Lipinski definition) is 8. The van der Waals surface area contributed by atoms with Gasteiger partial charge < -0.3 is 20.1 Å². The smallest absolute Gasteiger partial charge is 0.410 e. The van der Waals surface area contributed by atoms with Crippen LogP contribution in [0.5, 0.6) is 5.88 Å². The molecule has 1 aliphatic rings. The molecular weight excluding hydrogens is 531 g/mol. The van der Waals surface area contributed by atoms with E-state index in [-0.39, 0.29) is 35.8 Å². The molecule has 16 heteroatoms. The van der Waals surface area contributed by atoms with Crippen LogP contribution < -0.4 is 10.1 Å². The van der Waals surface area contributed by atoms with Crippen molar-refractivity contribution in [3.05, 3.63) is 30.5 Å². The third-order valence-electron chi connectivity index (χ3n) is 6.69. The minimum atomic E-state index is -4.53. The summed E-state index contributed by atoms with van der Waals surface area (Å²) in [4.78, 5) is 16.8. The summed E-state index contributed by atoms with van der Waals surface area (Å²) in [6, 6.07) is 3.07. The van der Waals surface area contributed by atoms with Crippen LogP contribution in [0.2, 0.25) is 0 Å². The molecular formula is C23H23F5N8O3. The number of rotatable bonds is 6. The maximum atomic E-state index is 14.8. The van der Waals surface area contributed by atoms with Gasteiger partial charge >= 0.3 is 6.18 Å². The van der Waals surface area contributed by atoms with Gasteiger partial charge in [0.25, 0.3) is 5.92 Å². The number of methoxy groups -OCH3 is 1. The first kappa shape index (κ1) is 26.5. The summed E-state index contributed by atoms with van der Waals surface area (Å²) in [6.45, 7) is -0.718. The molecule has 0 radical (unpaired) electrons. The standard InChI is InChI=1S/C23H23F5N8O3/c1-12(23(26,27)28)36-16-9-13(3-4-15(16)31-33-36)14-5-8-35-19(14)20(39-2)30-21(32-35)29-17-6-7-34(18(38)10-37)11-22(17,24)25/h3-5,8-9,12,17,37H,6-7,10-11H2,1-2H3,(H,29,32)/t12-,17-/m1/s1. The quantitative estimate of drug-likeness (QED) is 0.349. The van der Waals surface area contributed by atoms with Gasteiger partial charge in [-0.2, -0.15) is 18.2 Å². The van der Waals surface area contributed by atoms with Gasteiger partial charge in [0.1, 0.15) is 23.7 Å². The Bertz CT molecular complexity index is 1540. The van der Waals surface area contributed by atoms with E-state index in [0.29, 0.717) is 16.6 Å². The van der Waals surface area contributed by atoms with E-state index in [4.69, 9.17) is 9.84 Å². The topological polar surface area (TPSA) is 123 Å². The molecule has 39 heavy (non-hydrogen) atoms. The second kappa shape index (κ2) is 9.59. The van der Waals surface area contributed by atoms with Crippen molar-refractivity contribution in [2.24, 2.45) is 0 Å². The maximum absolute atomic E-state index is 14.8. The number of alkyl halides is 5. The van der Waals surface area contributed by atoms with Crippen LogP contribution >= 0.6 is 0 Å². The Labute approximate surface area is 217 Å². The Kier molecular flexibility index (Phi) is 6.52. The molecule has 0 spiro atoms. The van der Waals surface area contributed by atoms with Crippen molar-refractivity contribution in [1.82, 2.24) is 34.5 Å². The van der Waals surface area contributed by atoms with Gasteiger partial charge in [-0.25, -0.2) is 18.0 Å². The van der Waals surface area contributed by atoms with Crippen molar-refractivity contribution in [2.75, 3.05) is 32.1 Å². The average Bonchev–Trinajstić information content (AvgIpc) is 3.51. The molecule has 5 rings (SSSR count). The monoisotopic (exact) mass is 554 g/mol. The molecule has 0 saturated carbocycles. The van der Waals surface area contributed by atoms with E-state index in [9.17, 15) is 26.7 Å². The highest BCUT2D eigenvalue weighted by atomic mass is 19.4. The molecule has 0 bridgehead atoms. The van der Waals surface area contributed by atoms with Gasteiger partial charge in [-0.1, -0.05) is 11.3 Å². The number of likely N-dealkylation sites (tertiary alicyclic amines) is 1. The summed E-state index contributed by atoms with van der Waals surface area (Å²) in [6.07, 6.45) is -3.10. The molecule has 0 aliphatic carbocycles. The molecule has 208 valence electrons. The molecule has 4 aromatic rings. The van der Waals surface area contributed by atoms with E-state index in [1.54, 1.807) is 24.4 Å². The summed E-state index contributed by atoms with van der Waals surface area (Å²) >= 11 is 0. The predicted molar refractivity (Wildman–Crippen MR) is 127 cm³/mol. The summed E-state index contributed by atoms with van der Waals surface area (Å²) in [5, 5.41) is 23.4.